The van der Waals surface area contributed by atoms with Gasteiger partial charge >= 0.3 is 0 Å². The largest absolute Gasteiger partial charge is 0.299 e. The molecule has 1 aliphatic carbocycles. The molecule has 0 unspecified atom stereocenters. The molecule has 2 atom stereocenters. The van der Waals surface area contributed by atoms with Crippen LogP contribution in [-0.2, 0) is 4.79 Å². The Labute approximate surface area is 78.8 Å². The Bertz CT molecular complexity index is 302. The average molecular weight is 174 g/mol. The summed E-state index contributed by atoms with van der Waals surface area (Å²) in [6.07, 6.45) is 1.80. The predicted molar refractivity (Wildman–Crippen MR) is 52.6 cm³/mol. The minimum atomic E-state index is 0.224. The molecule has 1 nitrogen and oxygen atoms in total. The van der Waals surface area contributed by atoms with E-state index in [1.54, 1.807) is 0 Å². The minimum absolute atomic E-state index is 0.224. The minimum Gasteiger partial charge on any atom is -0.299 e. The molecule has 1 aromatic carbocycles. The van der Waals surface area contributed by atoms with Crippen LogP contribution in [0.15, 0.2) is 30.3 Å². The quantitative estimate of drug-likeness (QED) is 0.639. The van der Waals surface area contributed by atoms with Gasteiger partial charge in [-0.2, -0.15) is 0 Å². The van der Waals surface area contributed by atoms with Crippen molar-refractivity contribution in [3.05, 3.63) is 35.9 Å². The number of benzene rings is 1. The van der Waals surface area contributed by atoms with Gasteiger partial charge in [-0.15, -0.1) is 0 Å². The van der Waals surface area contributed by atoms with Crippen LogP contribution in [0.5, 0.6) is 0 Å². The Kier molecular flexibility index (Phi) is 2.17. The molecule has 0 spiro atoms. The van der Waals surface area contributed by atoms with Gasteiger partial charge in [0, 0.05) is 12.3 Å². The summed E-state index contributed by atoms with van der Waals surface area (Å²) in [5, 5.41) is 0. The van der Waals surface area contributed by atoms with Crippen LogP contribution < -0.4 is 0 Å². The van der Waals surface area contributed by atoms with Gasteiger partial charge in [0.15, 0.2) is 0 Å². The first-order chi connectivity index (χ1) is 6.29. The second-order valence-electron chi connectivity index (χ2n) is 3.81. The molecule has 0 amide bonds. The van der Waals surface area contributed by atoms with Crippen LogP contribution in [0.25, 0.3) is 0 Å². The third-order valence-corrected chi connectivity index (χ3v) is 3.04. The first-order valence-corrected chi connectivity index (χ1v) is 4.86. The van der Waals surface area contributed by atoms with Gasteiger partial charge < -0.3 is 0 Å². The third-order valence-electron chi connectivity index (χ3n) is 3.04. The van der Waals surface area contributed by atoms with Crippen molar-refractivity contribution in [2.45, 2.75) is 25.7 Å². The van der Waals surface area contributed by atoms with Gasteiger partial charge in [-0.05, 0) is 17.9 Å². The third kappa shape index (κ3) is 1.51. The predicted octanol–water partition coefficient (Wildman–Crippen LogP) is 2.77. The molecule has 0 bridgehead atoms. The Morgan fingerprint density at radius 2 is 1.92 bits per heavy atom. The van der Waals surface area contributed by atoms with E-state index in [0.717, 1.165) is 12.8 Å². The second-order valence-corrected chi connectivity index (χ2v) is 3.81. The van der Waals surface area contributed by atoms with E-state index in [2.05, 4.69) is 12.1 Å². The normalized spacial score (nSPS) is 27.9. The summed E-state index contributed by atoms with van der Waals surface area (Å²) < 4.78 is 0. The van der Waals surface area contributed by atoms with Crippen molar-refractivity contribution in [2.75, 3.05) is 0 Å². The Morgan fingerprint density at radius 1 is 1.23 bits per heavy atom. The molecule has 0 aliphatic heterocycles. The molecule has 0 saturated heterocycles. The van der Waals surface area contributed by atoms with Crippen molar-refractivity contribution >= 4 is 5.78 Å². The van der Waals surface area contributed by atoms with Crippen LogP contribution in [0.1, 0.15) is 31.2 Å². The molecule has 1 saturated carbocycles. The van der Waals surface area contributed by atoms with E-state index < -0.39 is 0 Å². The van der Waals surface area contributed by atoms with E-state index in [4.69, 9.17) is 0 Å². The number of hydrogen-bond donors (Lipinski definition) is 0. The molecular formula is C12H14O. The summed E-state index contributed by atoms with van der Waals surface area (Å²) in [6, 6.07) is 10.4. The fraction of sp³-hybridized carbons (Fsp3) is 0.417. The summed E-state index contributed by atoms with van der Waals surface area (Å²) >= 11 is 0. The molecule has 68 valence electrons. The van der Waals surface area contributed by atoms with Crippen molar-refractivity contribution in [3.63, 3.8) is 0 Å². The van der Waals surface area contributed by atoms with Crippen LogP contribution in [0.4, 0.5) is 0 Å². The van der Waals surface area contributed by atoms with Gasteiger partial charge in [-0.25, -0.2) is 0 Å². The summed E-state index contributed by atoms with van der Waals surface area (Å²) in [6.45, 7) is 2.05. The molecule has 1 aromatic rings. The Hall–Kier alpha value is -1.11. The molecule has 1 fully saturated rings. The number of rotatable bonds is 1. The number of carbonyl (C=O) groups is 1. The lowest BCUT2D eigenvalue weighted by molar-refractivity contribution is -0.120. The molecule has 0 heterocycles. The molecule has 1 aliphatic rings. The molecule has 1 heteroatoms. The van der Waals surface area contributed by atoms with Gasteiger partial charge in [0.05, 0.1) is 0 Å². The van der Waals surface area contributed by atoms with Gasteiger partial charge in [0.2, 0.25) is 0 Å². The summed E-state index contributed by atoms with van der Waals surface area (Å²) in [5.41, 5.74) is 1.32. The maximum absolute atomic E-state index is 11.4. The van der Waals surface area contributed by atoms with E-state index in [1.807, 2.05) is 25.1 Å². The number of Topliss-reactive ketones (excluding diaryl/α,β-unsaturated/α-hetero) is 1. The molecular weight excluding hydrogens is 160 g/mol. The smallest absolute Gasteiger partial charge is 0.136 e. The SMILES string of the molecule is C[C@@H]1C(=O)CC[C@@H]1c1ccccc1. The molecule has 2 rings (SSSR count). The van der Waals surface area contributed by atoms with E-state index in [9.17, 15) is 4.79 Å². The van der Waals surface area contributed by atoms with Crippen molar-refractivity contribution < 1.29 is 4.79 Å². The van der Waals surface area contributed by atoms with Crippen LogP contribution in [0, 0.1) is 5.92 Å². The zero-order valence-electron chi connectivity index (χ0n) is 7.86. The molecule has 0 N–H and O–H groups in total. The number of ketones is 1. The first-order valence-electron chi connectivity index (χ1n) is 4.86. The summed E-state index contributed by atoms with van der Waals surface area (Å²) in [4.78, 5) is 11.4. The van der Waals surface area contributed by atoms with E-state index in [1.165, 1.54) is 5.56 Å². The van der Waals surface area contributed by atoms with Crippen LogP contribution in [-0.4, -0.2) is 5.78 Å². The zero-order valence-corrected chi connectivity index (χ0v) is 7.86. The van der Waals surface area contributed by atoms with E-state index in [0.29, 0.717) is 11.7 Å². The maximum atomic E-state index is 11.4. The lowest BCUT2D eigenvalue weighted by atomic mass is 9.90. The fourth-order valence-corrected chi connectivity index (χ4v) is 2.16. The highest BCUT2D eigenvalue weighted by Gasteiger charge is 2.31. The zero-order chi connectivity index (χ0) is 9.26. The van der Waals surface area contributed by atoms with Crippen molar-refractivity contribution in [1.82, 2.24) is 0 Å². The van der Waals surface area contributed by atoms with Gasteiger partial charge in [-0.3, -0.25) is 4.79 Å². The van der Waals surface area contributed by atoms with Gasteiger partial charge in [-0.1, -0.05) is 37.3 Å². The first kappa shape index (κ1) is 8.49. The molecule has 0 aromatic heterocycles. The van der Waals surface area contributed by atoms with Crippen molar-refractivity contribution in [3.8, 4) is 0 Å². The van der Waals surface area contributed by atoms with E-state index in [-0.39, 0.29) is 5.92 Å². The lowest BCUT2D eigenvalue weighted by Crippen LogP contribution is -2.08. The Balaban J connectivity index is 2.24. The van der Waals surface area contributed by atoms with E-state index >= 15 is 0 Å². The second kappa shape index (κ2) is 3.33. The topological polar surface area (TPSA) is 17.1 Å². The summed E-state index contributed by atoms with van der Waals surface area (Å²) in [7, 11) is 0. The average Bonchev–Trinajstić information content (AvgIpc) is 2.49. The molecule has 13 heavy (non-hydrogen) atoms. The number of carbonyl (C=O) groups excluding carboxylic acids is 1. The highest BCUT2D eigenvalue weighted by atomic mass is 16.1. The maximum Gasteiger partial charge on any atom is 0.136 e. The molecule has 0 radical (unpaired) electrons. The van der Waals surface area contributed by atoms with Crippen LogP contribution >= 0.6 is 0 Å². The lowest BCUT2D eigenvalue weighted by Gasteiger charge is -2.13. The van der Waals surface area contributed by atoms with Crippen LogP contribution in [0.2, 0.25) is 0 Å². The highest BCUT2D eigenvalue weighted by Crippen LogP contribution is 2.36. The van der Waals surface area contributed by atoms with Gasteiger partial charge in [0.1, 0.15) is 5.78 Å². The van der Waals surface area contributed by atoms with Gasteiger partial charge in [0.25, 0.3) is 0 Å². The van der Waals surface area contributed by atoms with Crippen molar-refractivity contribution in [1.29, 1.82) is 0 Å². The Morgan fingerprint density at radius 3 is 2.46 bits per heavy atom. The standard InChI is InChI=1S/C12H14O/c1-9-11(7-8-12(9)13)10-5-3-2-4-6-10/h2-6,9,11H,7-8H2,1H3/t9-,11-/m0/s1. The highest BCUT2D eigenvalue weighted by molar-refractivity contribution is 5.84. The fourth-order valence-electron chi connectivity index (χ4n) is 2.16. The van der Waals surface area contributed by atoms with Crippen molar-refractivity contribution in [2.24, 2.45) is 5.92 Å². The van der Waals surface area contributed by atoms with Crippen LogP contribution in [0.3, 0.4) is 0 Å². The summed E-state index contributed by atoms with van der Waals surface area (Å²) in [5.74, 6) is 1.12. The number of hydrogen-bond acceptors (Lipinski definition) is 1. The monoisotopic (exact) mass is 174 g/mol.